The SMILES string of the molecule is CC(C)[C@H](NC(=O)c1cccs1)C(=O)OCC(=O)N[C@@H](C)c1cccc(Cl)c1. The number of thiophene rings is 1. The molecule has 0 radical (unpaired) electrons. The maximum atomic E-state index is 12.4. The van der Waals surface area contributed by atoms with E-state index in [1.807, 2.05) is 13.0 Å². The quantitative estimate of drug-likeness (QED) is 0.637. The van der Waals surface area contributed by atoms with Crippen molar-refractivity contribution in [2.45, 2.75) is 32.9 Å². The molecule has 8 heteroatoms. The lowest BCUT2D eigenvalue weighted by atomic mass is 10.0. The molecule has 2 aromatic rings. The highest BCUT2D eigenvalue weighted by atomic mass is 35.5. The van der Waals surface area contributed by atoms with Gasteiger partial charge < -0.3 is 15.4 Å². The molecule has 6 nitrogen and oxygen atoms in total. The Hall–Kier alpha value is -2.38. The fourth-order valence-corrected chi connectivity index (χ4v) is 3.31. The number of carbonyl (C=O) groups is 3. The summed E-state index contributed by atoms with van der Waals surface area (Å²) >= 11 is 7.24. The lowest BCUT2D eigenvalue weighted by Crippen LogP contribution is -2.46. The van der Waals surface area contributed by atoms with Gasteiger partial charge in [-0.2, -0.15) is 0 Å². The first-order valence-electron chi connectivity index (χ1n) is 8.83. The van der Waals surface area contributed by atoms with Crippen molar-refractivity contribution >= 4 is 40.7 Å². The number of ether oxygens (including phenoxy) is 1. The van der Waals surface area contributed by atoms with Crippen LogP contribution in [0.25, 0.3) is 0 Å². The first-order valence-corrected chi connectivity index (χ1v) is 10.1. The molecular weight excluding hydrogens is 400 g/mol. The van der Waals surface area contributed by atoms with Crippen molar-refractivity contribution in [3.63, 3.8) is 0 Å². The third kappa shape index (κ3) is 6.35. The Morgan fingerprint density at radius 1 is 1.11 bits per heavy atom. The first kappa shape index (κ1) is 21.9. The van der Waals surface area contributed by atoms with Gasteiger partial charge in [-0.1, -0.05) is 43.6 Å². The van der Waals surface area contributed by atoms with E-state index in [0.29, 0.717) is 9.90 Å². The fourth-order valence-electron chi connectivity index (χ4n) is 2.49. The fraction of sp³-hybridized carbons (Fsp3) is 0.350. The molecule has 1 aromatic carbocycles. The van der Waals surface area contributed by atoms with Crippen LogP contribution < -0.4 is 10.6 Å². The topological polar surface area (TPSA) is 84.5 Å². The van der Waals surface area contributed by atoms with E-state index in [0.717, 1.165) is 5.56 Å². The average molecular weight is 423 g/mol. The van der Waals surface area contributed by atoms with Gasteiger partial charge in [-0.15, -0.1) is 11.3 Å². The summed E-state index contributed by atoms with van der Waals surface area (Å²) in [4.78, 5) is 37.2. The van der Waals surface area contributed by atoms with Crippen LogP contribution in [0.15, 0.2) is 41.8 Å². The Morgan fingerprint density at radius 3 is 2.46 bits per heavy atom. The van der Waals surface area contributed by atoms with E-state index in [1.165, 1.54) is 11.3 Å². The number of hydrogen-bond donors (Lipinski definition) is 2. The molecule has 28 heavy (non-hydrogen) atoms. The maximum Gasteiger partial charge on any atom is 0.329 e. The number of benzene rings is 1. The van der Waals surface area contributed by atoms with Gasteiger partial charge in [-0.3, -0.25) is 9.59 Å². The lowest BCUT2D eigenvalue weighted by molar-refractivity contribution is -0.151. The molecule has 2 amide bonds. The Bertz CT molecular complexity index is 823. The number of hydrogen-bond acceptors (Lipinski definition) is 5. The number of halogens is 1. The van der Waals surface area contributed by atoms with Crippen LogP contribution in [0.3, 0.4) is 0 Å². The zero-order valence-corrected chi connectivity index (χ0v) is 17.5. The van der Waals surface area contributed by atoms with E-state index in [2.05, 4.69) is 10.6 Å². The summed E-state index contributed by atoms with van der Waals surface area (Å²) in [6, 6.07) is 9.45. The minimum Gasteiger partial charge on any atom is -0.454 e. The molecule has 0 spiro atoms. The van der Waals surface area contributed by atoms with E-state index in [4.69, 9.17) is 16.3 Å². The van der Waals surface area contributed by atoms with Gasteiger partial charge in [0.1, 0.15) is 6.04 Å². The van der Waals surface area contributed by atoms with Gasteiger partial charge in [-0.05, 0) is 42.0 Å². The minimum absolute atomic E-state index is 0.190. The summed E-state index contributed by atoms with van der Waals surface area (Å²) in [5, 5.41) is 7.77. The zero-order chi connectivity index (χ0) is 20.7. The van der Waals surface area contributed by atoms with Gasteiger partial charge in [-0.25, -0.2) is 4.79 Å². The predicted molar refractivity (Wildman–Crippen MR) is 109 cm³/mol. The van der Waals surface area contributed by atoms with Gasteiger partial charge in [0.2, 0.25) is 0 Å². The van der Waals surface area contributed by atoms with Crippen LogP contribution in [0.2, 0.25) is 5.02 Å². The molecule has 0 bridgehead atoms. The van der Waals surface area contributed by atoms with Gasteiger partial charge in [0.05, 0.1) is 10.9 Å². The molecule has 150 valence electrons. The average Bonchev–Trinajstić information content (AvgIpc) is 3.18. The second-order valence-corrected chi connectivity index (χ2v) is 8.01. The number of amides is 2. The Labute approximate surface area is 173 Å². The number of nitrogens with one attached hydrogen (secondary N) is 2. The van der Waals surface area contributed by atoms with Crippen LogP contribution in [0.1, 0.15) is 42.0 Å². The maximum absolute atomic E-state index is 12.4. The third-order valence-corrected chi connectivity index (χ3v) is 5.13. The van der Waals surface area contributed by atoms with Crippen molar-refractivity contribution in [1.29, 1.82) is 0 Å². The van der Waals surface area contributed by atoms with Crippen LogP contribution in [-0.4, -0.2) is 30.4 Å². The predicted octanol–water partition coefficient (Wildman–Crippen LogP) is 3.58. The molecule has 2 N–H and O–H groups in total. The molecule has 0 unspecified atom stereocenters. The van der Waals surface area contributed by atoms with E-state index in [-0.39, 0.29) is 17.9 Å². The monoisotopic (exact) mass is 422 g/mol. The van der Waals surface area contributed by atoms with Crippen LogP contribution in [0.4, 0.5) is 0 Å². The minimum atomic E-state index is -0.840. The van der Waals surface area contributed by atoms with Crippen molar-refractivity contribution in [1.82, 2.24) is 10.6 Å². The van der Waals surface area contributed by atoms with E-state index in [9.17, 15) is 14.4 Å². The lowest BCUT2D eigenvalue weighted by Gasteiger charge is -2.21. The molecule has 0 aliphatic heterocycles. The van der Waals surface area contributed by atoms with Crippen LogP contribution >= 0.6 is 22.9 Å². The number of rotatable bonds is 8. The smallest absolute Gasteiger partial charge is 0.329 e. The largest absolute Gasteiger partial charge is 0.454 e. The molecule has 0 fully saturated rings. The summed E-state index contributed by atoms with van der Waals surface area (Å²) in [6.07, 6.45) is 0. The van der Waals surface area contributed by atoms with Crippen LogP contribution in [0.5, 0.6) is 0 Å². The normalized spacial score (nSPS) is 12.9. The van der Waals surface area contributed by atoms with Crippen molar-refractivity contribution < 1.29 is 19.1 Å². The number of esters is 1. The molecule has 0 aliphatic rings. The van der Waals surface area contributed by atoms with Gasteiger partial charge >= 0.3 is 5.97 Å². The Kier molecular flexibility index (Phi) is 8.02. The summed E-state index contributed by atoms with van der Waals surface area (Å²) < 4.78 is 5.12. The molecule has 1 aromatic heterocycles. The molecule has 0 saturated carbocycles. The first-order chi connectivity index (χ1) is 13.3. The van der Waals surface area contributed by atoms with Gasteiger partial charge in [0, 0.05) is 5.02 Å². The molecule has 2 atom stereocenters. The molecule has 2 rings (SSSR count). The van der Waals surface area contributed by atoms with E-state index < -0.39 is 24.5 Å². The second-order valence-electron chi connectivity index (χ2n) is 6.62. The second kappa shape index (κ2) is 10.2. The summed E-state index contributed by atoms with van der Waals surface area (Å²) in [7, 11) is 0. The van der Waals surface area contributed by atoms with Crippen LogP contribution in [-0.2, 0) is 14.3 Å². The highest BCUT2D eigenvalue weighted by Gasteiger charge is 2.27. The summed E-state index contributed by atoms with van der Waals surface area (Å²) in [5.74, 6) is -1.62. The highest BCUT2D eigenvalue weighted by molar-refractivity contribution is 7.12. The van der Waals surface area contributed by atoms with Crippen LogP contribution in [0, 0.1) is 5.92 Å². The van der Waals surface area contributed by atoms with Gasteiger partial charge in [0.15, 0.2) is 6.61 Å². The zero-order valence-electron chi connectivity index (χ0n) is 15.9. The molecule has 1 heterocycles. The van der Waals surface area contributed by atoms with Crippen molar-refractivity contribution in [2.75, 3.05) is 6.61 Å². The summed E-state index contributed by atoms with van der Waals surface area (Å²) in [6.45, 7) is 4.97. The Balaban J connectivity index is 1.87. The molecular formula is C20H23ClN2O4S. The van der Waals surface area contributed by atoms with E-state index >= 15 is 0 Å². The third-order valence-electron chi connectivity index (χ3n) is 4.02. The molecule has 0 saturated heterocycles. The van der Waals surface area contributed by atoms with E-state index in [1.54, 1.807) is 49.6 Å². The van der Waals surface area contributed by atoms with Crippen molar-refractivity contribution in [3.05, 3.63) is 57.2 Å². The molecule has 0 aliphatic carbocycles. The van der Waals surface area contributed by atoms with Crippen molar-refractivity contribution in [3.8, 4) is 0 Å². The van der Waals surface area contributed by atoms with Crippen molar-refractivity contribution in [2.24, 2.45) is 5.92 Å². The number of carbonyl (C=O) groups excluding carboxylic acids is 3. The van der Waals surface area contributed by atoms with Gasteiger partial charge in [0.25, 0.3) is 11.8 Å². The standard InChI is InChI=1S/C20H23ClN2O4S/c1-12(2)18(23-19(25)16-8-5-9-28-16)20(26)27-11-17(24)22-13(3)14-6-4-7-15(21)10-14/h4-10,12-13,18H,11H2,1-3H3,(H,22,24)(H,23,25)/t13-,18-/m0/s1. The summed E-state index contributed by atoms with van der Waals surface area (Å²) in [5.41, 5.74) is 0.843. The highest BCUT2D eigenvalue weighted by Crippen LogP contribution is 2.17. The Morgan fingerprint density at radius 2 is 1.86 bits per heavy atom.